The molecule has 2 aliphatic rings. The van der Waals surface area contributed by atoms with Gasteiger partial charge in [0.25, 0.3) is 0 Å². The fourth-order valence-electron chi connectivity index (χ4n) is 4.67. The van der Waals surface area contributed by atoms with Gasteiger partial charge in [-0.1, -0.05) is 29.4 Å². The van der Waals surface area contributed by atoms with E-state index in [9.17, 15) is 13.2 Å². The molecule has 33 heavy (non-hydrogen) atoms. The van der Waals surface area contributed by atoms with Crippen LogP contribution in [0.2, 0.25) is 5.15 Å². The number of halogens is 4. The van der Waals surface area contributed by atoms with Crippen LogP contribution in [0.1, 0.15) is 35.7 Å². The summed E-state index contributed by atoms with van der Waals surface area (Å²) in [4.78, 5) is 18.9. The van der Waals surface area contributed by atoms with Gasteiger partial charge in [-0.3, -0.25) is 4.98 Å². The third kappa shape index (κ3) is 4.27. The lowest BCUT2D eigenvalue weighted by Gasteiger charge is -2.42. The standard InChI is InChI=1S/C22H20ClF3N6S/c23-17-8-16(14(10-29-17)22(24,25)26)33-19-12-30-18(11-31-19)32-6-3-21(4-7-32)9-15-13(20(21)27)2-1-5-28-15/h1-2,5,8,10-12,20H,3-4,6-7,9,27H2. The molecule has 6 nitrogen and oxygen atoms in total. The number of anilines is 1. The summed E-state index contributed by atoms with van der Waals surface area (Å²) in [5.41, 5.74) is 7.99. The molecule has 1 unspecified atom stereocenters. The van der Waals surface area contributed by atoms with Gasteiger partial charge in [0, 0.05) is 42.1 Å². The molecule has 3 aromatic rings. The summed E-state index contributed by atoms with van der Waals surface area (Å²) in [5.74, 6) is 0.695. The number of pyridine rings is 2. The van der Waals surface area contributed by atoms with Crippen LogP contribution in [-0.4, -0.2) is 33.0 Å². The molecule has 5 rings (SSSR count). The summed E-state index contributed by atoms with van der Waals surface area (Å²) in [6.45, 7) is 1.56. The average molecular weight is 493 g/mol. The van der Waals surface area contributed by atoms with Gasteiger partial charge in [0.2, 0.25) is 0 Å². The summed E-state index contributed by atoms with van der Waals surface area (Å²) < 4.78 is 39.8. The molecule has 0 saturated carbocycles. The zero-order chi connectivity index (χ0) is 23.2. The normalized spacial score (nSPS) is 19.7. The first-order valence-electron chi connectivity index (χ1n) is 10.4. The molecule has 3 aromatic heterocycles. The smallest absolute Gasteiger partial charge is 0.355 e. The van der Waals surface area contributed by atoms with Crippen molar-refractivity contribution in [2.75, 3.05) is 18.0 Å². The Kier molecular flexibility index (Phi) is 5.70. The molecule has 1 saturated heterocycles. The average Bonchev–Trinajstić information content (AvgIpc) is 3.05. The van der Waals surface area contributed by atoms with Crippen molar-refractivity contribution < 1.29 is 13.2 Å². The third-order valence-electron chi connectivity index (χ3n) is 6.49. The van der Waals surface area contributed by atoms with Crippen molar-refractivity contribution in [1.82, 2.24) is 19.9 Å². The molecular formula is C22H20ClF3N6S. The number of nitrogens with two attached hydrogens (primary N) is 1. The Morgan fingerprint density at radius 2 is 1.88 bits per heavy atom. The lowest BCUT2D eigenvalue weighted by Crippen LogP contribution is -2.44. The molecule has 11 heteroatoms. The molecule has 1 atom stereocenters. The summed E-state index contributed by atoms with van der Waals surface area (Å²) >= 11 is 6.66. The molecule has 0 aromatic carbocycles. The number of piperidine rings is 1. The van der Waals surface area contributed by atoms with E-state index in [4.69, 9.17) is 17.3 Å². The highest BCUT2D eigenvalue weighted by Gasteiger charge is 2.46. The Morgan fingerprint density at radius 1 is 1.09 bits per heavy atom. The predicted octanol–water partition coefficient (Wildman–Crippen LogP) is 4.93. The highest BCUT2D eigenvalue weighted by molar-refractivity contribution is 7.99. The second-order valence-corrected chi connectivity index (χ2v) is 9.81. The molecule has 1 aliphatic carbocycles. The van der Waals surface area contributed by atoms with E-state index in [1.165, 1.54) is 12.3 Å². The van der Waals surface area contributed by atoms with Gasteiger partial charge in [0.1, 0.15) is 16.0 Å². The SMILES string of the molecule is NC1c2cccnc2CC12CCN(c1cnc(Sc3cc(Cl)ncc3C(F)(F)F)cn1)CC2. The lowest BCUT2D eigenvalue weighted by atomic mass is 9.73. The van der Waals surface area contributed by atoms with Gasteiger partial charge in [-0.2, -0.15) is 13.2 Å². The van der Waals surface area contributed by atoms with E-state index in [2.05, 4.69) is 30.9 Å². The molecule has 0 amide bonds. The number of fused-ring (bicyclic) bond motifs is 1. The van der Waals surface area contributed by atoms with E-state index in [0.29, 0.717) is 10.8 Å². The maximum atomic E-state index is 13.3. The van der Waals surface area contributed by atoms with Gasteiger partial charge in [0.05, 0.1) is 18.0 Å². The van der Waals surface area contributed by atoms with Gasteiger partial charge in [-0.05, 0) is 42.4 Å². The van der Waals surface area contributed by atoms with Crippen LogP contribution < -0.4 is 10.6 Å². The third-order valence-corrected chi connectivity index (χ3v) is 7.67. The van der Waals surface area contributed by atoms with E-state index in [-0.39, 0.29) is 21.5 Å². The maximum Gasteiger partial charge on any atom is 0.418 e. The number of nitrogens with zero attached hydrogens (tertiary/aromatic N) is 5. The van der Waals surface area contributed by atoms with Crippen molar-refractivity contribution in [3.63, 3.8) is 0 Å². The predicted molar refractivity (Wildman–Crippen MR) is 119 cm³/mol. The Hall–Kier alpha value is -2.43. The monoisotopic (exact) mass is 492 g/mol. The molecule has 0 radical (unpaired) electrons. The number of alkyl halides is 3. The van der Waals surface area contributed by atoms with E-state index >= 15 is 0 Å². The molecule has 1 spiro atoms. The second kappa shape index (κ2) is 8.41. The number of aromatic nitrogens is 4. The Bertz CT molecular complexity index is 1170. The Labute approximate surface area is 197 Å². The van der Waals surface area contributed by atoms with Crippen LogP contribution in [-0.2, 0) is 12.6 Å². The van der Waals surface area contributed by atoms with Crippen molar-refractivity contribution in [2.45, 2.75) is 41.4 Å². The van der Waals surface area contributed by atoms with Crippen molar-refractivity contribution in [3.05, 3.63) is 65.0 Å². The van der Waals surface area contributed by atoms with Gasteiger partial charge in [0.15, 0.2) is 0 Å². The molecule has 0 bridgehead atoms. The fourth-order valence-corrected chi connectivity index (χ4v) is 5.78. The van der Waals surface area contributed by atoms with Crippen LogP contribution in [0.25, 0.3) is 0 Å². The van der Waals surface area contributed by atoms with Gasteiger partial charge in [-0.15, -0.1) is 0 Å². The van der Waals surface area contributed by atoms with Gasteiger partial charge >= 0.3 is 6.18 Å². The minimum atomic E-state index is -4.53. The summed E-state index contributed by atoms with van der Waals surface area (Å²) in [5, 5.41) is 0.333. The quantitative estimate of drug-likeness (QED) is 0.519. The highest BCUT2D eigenvalue weighted by atomic mass is 35.5. The minimum absolute atomic E-state index is 0.00498. The van der Waals surface area contributed by atoms with E-state index in [1.54, 1.807) is 6.20 Å². The lowest BCUT2D eigenvalue weighted by molar-refractivity contribution is -0.140. The molecular weight excluding hydrogens is 473 g/mol. The van der Waals surface area contributed by atoms with Crippen molar-refractivity contribution in [1.29, 1.82) is 0 Å². The van der Waals surface area contributed by atoms with E-state index in [1.807, 2.05) is 12.3 Å². The summed E-state index contributed by atoms with van der Waals surface area (Å²) in [6, 6.07) is 5.16. The fraction of sp³-hybridized carbons (Fsp3) is 0.364. The first-order valence-corrected chi connectivity index (χ1v) is 11.6. The zero-order valence-electron chi connectivity index (χ0n) is 17.4. The van der Waals surface area contributed by atoms with Crippen molar-refractivity contribution >= 4 is 29.2 Å². The molecule has 4 heterocycles. The maximum absolute atomic E-state index is 13.3. The summed E-state index contributed by atoms with van der Waals surface area (Å²) in [6.07, 6.45) is 3.80. The van der Waals surface area contributed by atoms with Crippen LogP contribution in [0.3, 0.4) is 0 Å². The van der Waals surface area contributed by atoms with Gasteiger partial charge in [-0.25, -0.2) is 15.0 Å². The Balaban J connectivity index is 1.27. The number of hydrogen-bond acceptors (Lipinski definition) is 7. The molecule has 2 N–H and O–H groups in total. The first kappa shape index (κ1) is 22.4. The van der Waals surface area contributed by atoms with E-state index in [0.717, 1.165) is 61.6 Å². The van der Waals surface area contributed by atoms with Crippen LogP contribution in [0.5, 0.6) is 0 Å². The van der Waals surface area contributed by atoms with E-state index < -0.39 is 11.7 Å². The largest absolute Gasteiger partial charge is 0.418 e. The molecule has 1 aliphatic heterocycles. The molecule has 1 fully saturated rings. The van der Waals surface area contributed by atoms with Crippen molar-refractivity contribution in [3.8, 4) is 0 Å². The highest BCUT2D eigenvalue weighted by Crippen LogP contribution is 2.50. The number of rotatable bonds is 3. The second-order valence-electron chi connectivity index (χ2n) is 8.36. The van der Waals surface area contributed by atoms with Gasteiger partial charge < -0.3 is 10.6 Å². The summed E-state index contributed by atoms with van der Waals surface area (Å²) in [7, 11) is 0. The Morgan fingerprint density at radius 3 is 2.55 bits per heavy atom. The minimum Gasteiger partial charge on any atom is -0.355 e. The van der Waals surface area contributed by atoms with Crippen LogP contribution >= 0.6 is 23.4 Å². The van der Waals surface area contributed by atoms with Crippen molar-refractivity contribution in [2.24, 2.45) is 11.1 Å². The number of hydrogen-bond donors (Lipinski definition) is 1. The molecule has 172 valence electrons. The zero-order valence-corrected chi connectivity index (χ0v) is 19.0. The first-order chi connectivity index (χ1) is 15.7. The topological polar surface area (TPSA) is 80.8 Å². The van der Waals surface area contributed by atoms with Crippen LogP contribution in [0.15, 0.2) is 52.9 Å². The van der Waals surface area contributed by atoms with Crippen LogP contribution in [0.4, 0.5) is 19.0 Å². The van der Waals surface area contributed by atoms with Crippen LogP contribution in [0, 0.1) is 5.41 Å².